The number of hydrogen-bond acceptors (Lipinski definition) is 5. The molecule has 0 aliphatic rings. The summed E-state index contributed by atoms with van der Waals surface area (Å²) in [6.07, 6.45) is -3.62. The number of nitrogens with zero attached hydrogens (tertiary/aromatic N) is 1. The largest absolute Gasteiger partial charge is 0.573 e. The average molecular weight is 471 g/mol. The van der Waals surface area contributed by atoms with Gasteiger partial charge in [-0.1, -0.05) is 30.3 Å². The lowest BCUT2D eigenvalue weighted by atomic mass is 10.1. The van der Waals surface area contributed by atoms with Gasteiger partial charge in [0.15, 0.2) is 0 Å². The van der Waals surface area contributed by atoms with E-state index in [2.05, 4.69) is 15.4 Å². The molecule has 0 aliphatic carbocycles. The molecular weight excluding hydrogens is 455 g/mol. The van der Waals surface area contributed by atoms with Crippen molar-refractivity contribution in [3.63, 3.8) is 0 Å². The Balaban J connectivity index is 1.86. The van der Waals surface area contributed by atoms with Crippen LogP contribution in [0.3, 0.4) is 0 Å². The van der Waals surface area contributed by atoms with Crippen LogP contribution in [0.25, 0.3) is 6.08 Å². The van der Waals surface area contributed by atoms with E-state index in [-0.39, 0.29) is 28.2 Å². The van der Waals surface area contributed by atoms with Gasteiger partial charge >= 0.3 is 6.36 Å². The summed E-state index contributed by atoms with van der Waals surface area (Å²) in [6, 6.07) is 17.8. The van der Waals surface area contributed by atoms with Crippen molar-refractivity contribution >= 4 is 29.3 Å². The van der Waals surface area contributed by atoms with Crippen LogP contribution in [0.4, 0.5) is 24.5 Å². The van der Waals surface area contributed by atoms with E-state index in [1.54, 1.807) is 18.2 Å². The summed E-state index contributed by atoms with van der Waals surface area (Å²) < 4.78 is 40.8. The zero-order chi connectivity index (χ0) is 24.7. The first-order valence-electron chi connectivity index (χ1n) is 9.60. The third-order valence-corrected chi connectivity index (χ3v) is 4.27. The second-order valence-corrected chi connectivity index (χ2v) is 6.76. The fourth-order valence-corrected chi connectivity index (χ4v) is 2.78. The van der Waals surface area contributed by atoms with Crippen molar-refractivity contribution in [3.05, 3.63) is 106 Å². The topological polar surface area (TPSA) is 111 Å². The van der Waals surface area contributed by atoms with Crippen LogP contribution in [0.5, 0.6) is 5.75 Å². The van der Waals surface area contributed by atoms with E-state index in [4.69, 9.17) is 0 Å². The minimum absolute atomic E-state index is 0.124. The van der Waals surface area contributed by atoms with Gasteiger partial charge in [0.1, 0.15) is 11.4 Å². The SMILES string of the molecule is O=C(Nc1ccc(OC(F)(F)F)cc1)/C(=C/c1cccc([N+](=O)[O-])c1)NC(=O)c1ccccc1. The van der Waals surface area contributed by atoms with E-state index in [9.17, 15) is 32.9 Å². The van der Waals surface area contributed by atoms with Crippen molar-refractivity contribution in [3.8, 4) is 5.75 Å². The normalized spacial score (nSPS) is 11.4. The Labute approximate surface area is 190 Å². The second kappa shape index (κ2) is 10.3. The molecule has 2 N–H and O–H groups in total. The Bertz CT molecular complexity index is 1230. The minimum Gasteiger partial charge on any atom is -0.406 e. The number of non-ortho nitro benzene ring substituents is 1. The number of nitro benzene ring substituents is 1. The molecule has 0 heterocycles. The van der Waals surface area contributed by atoms with E-state index in [0.717, 1.165) is 12.1 Å². The first-order chi connectivity index (χ1) is 16.1. The summed E-state index contributed by atoms with van der Waals surface area (Å²) in [4.78, 5) is 35.9. The van der Waals surface area contributed by atoms with Crippen LogP contribution in [0.15, 0.2) is 84.6 Å². The number of hydrogen-bond donors (Lipinski definition) is 2. The van der Waals surface area contributed by atoms with Crippen LogP contribution in [0, 0.1) is 10.1 Å². The van der Waals surface area contributed by atoms with Crippen LogP contribution in [-0.4, -0.2) is 23.1 Å². The lowest BCUT2D eigenvalue weighted by Gasteiger charge is -2.12. The number of halogens is 3. The molecular formula is C23H16F3N3O5. The van der Waals surface area contributed by atoms with E-state index in [1.807, 2.05) is 0 Å². The Morgan fingerprint density at radius 1 is 0.941 bits per heavy atom. The molecule has 0 aromatic heterocycles. The lowest BCUT2D eigenvalue weighted by Crippen LogP contribution is -2.30. The number of nitrogens with one attached hydrogen (secondary N) is 2. The second-order valence-electron chi connectivity index (χ2n) is 6.76. The summed E-state index contributed by atoms with van der Waals surface area (Å²) in [6.45, 7) is 0. The lowest BCUT2D eigenvalue weighted by molar-refractivity contribution is -0.384. The number of ether oxygens (including phenoxy) is 1. The van der Waals surface area contributed by atoms with Crippen LogP contribution >= 0.6 is 0 Å². The van der Waals surface area contributed by atoms with E-state index >= 15 is 0 Å². The highest BCUT2D eigenvalue weighted by molar-refractivity contribution is 6.10. The fourth-order valence-electron chi connectivity index (χ4n) is 2.78. The molecule has 11 heteroatoms. The maximum absolute atomic E-state index is 12.9. The number of rotatable bonds is 7. The predicted molar refractivity (Wildman–Crippen MR) is 117 cm³/mol. The monoisotopic (exact) mass is 471 g/mol. The van der Waals surface area contributed by atoms with Gasteiger partial charge in [-0.25, -0.2) is 0 Å². The number of benzene rings is 3. The van der Waals surface area contributed by atoms with Crippen molar-refractivity contribution < 1.29 is 32.4 Å². The minimum atomic E-state index is -4.86. The van der Waals surface area contributed by atoms with Crippen molar-refractivity contribution in [1.29, 1.82) is 0 Å². The van der Waals surface area contributed by atoms with Gasteiger partial charge in [0.2, 0.25) is 0 Å². The highest BCUT2D eigenvalue weighted by atomic mass is 19.4. The number of anilines is 1. The third kappa shape index (κ3) is 6.92. The number of amides is 2. The van der Waals surface area contributed by atoms with Crippen molar-refractivity contribution in [2.75, 3.05) is 5.32 Å². The molecule has 34 heavy (non-hydrogen) atoms. The Morgan fingerprint density at radius 2 is 1.62 bits per heavy atom. The molecule has 0 radical (unpaired) electrons. The first-order valence-corrected chi connectivity index (χ1v) is 9.60. The maximum Gasteiger partial charge on any atom is 0.573 e. The zero-order valence-corrected chi connectivity index (χ0v) is 17.2. The summed E-state index contributed by atoms with van der Waals surface area (Å²) in [5, 5.41) is 16.0. The molecule has 0 saturated heterocycles. The smallest absolute Gasteiger partial charge is 0.406 e. The predicted octanol–water partition coefficient (Wildman–Crippen LogP) is 4.90. The van der Waals surface area contributed by atoms with Crippen LogP contribution < -0.4 is 15.4 Å². The molecule has 0 saturated carbocycles. The van der Waals surface area contributed by atoms with E-state index in [1.165, 1.54) is 54.6 Å². The summed E-state index contributed by atoms with van der Waals surface area (Å²) in [5.41, 5.74) is 0.182. The van der Waals surface area contributed by atoms with Gasteiger partial charge in [0, 0.05) is 23.4 Å². The highest BCUT2D eigenvalue weighted by Gasteiger charge is 2.31. The molecule has 0 spiro atoms. The average Bonchev–Trinajstić information content (AvgIpc) is 2.79. The third-order valence-electron chi connectivity index (χ3n) is 4.27. The first kappa shape index (κ1) is 24.0. The number of carbonyl (C=O) groups excluding carboxylic acids is 2. The van der Waals surface area contributed by atoms with Gasteiger partial charge in [-0.3, -0.25) is 19.7 Å². The molecule has 0 fully saturated rings. The maximum atomic E-state index is 12.9. The standard InChI is InChI=1S/C23H16F3N3O5/c24-23(25,26)34-19-11-9-17(10-12-19)27-22(31)20(28-21(30)16-6-2-1-3-7-16)14-15-5-4-8-18(13-15)29(32)33/h1-14H,(H,27,31)(H,28,30)/b20-14-. The van der Waals surface area contributed by atoms with Crippen molar-refractivity contribution in [1.82, 2.24) is 5.32 Å². The quantitative estimate of drug-likeness (QED) is 0.289. The van der Waals surface area contributed by atoms with Crippen LogP contribution in [-0.2, 0) is 4.79 Å². The molecule has 0 bridgehead atoms. The molecule has 0 aliphatic heterocycles. The van der Waals surface area contributed by atoms with Crippen molar-refractivity contribution in [2.24, 2.45) is 0 Å². The summed E-state index contributed by atoms with van der Waals surface area (Å²) in [5.74, 6) is -1.89. The zero-order valence-electron chi connectivity index (χ0n) is 17.2. The molecule has 174 valence electrons. The van der Waals surface area contributed by atoms with E-state index < -0.39 is 28.8 Å². The Kier molecular flexibility index (Phi) is 7.26. The molecule has 0 unspecified atom stereocenters. The summed E-state index contributed by atoms with van der Waals surface area (Å²) >= 11 is 0. The highest BCUT2D eigenvalue weighted by Crippen LogP contribution is 2.24. The number of nitro groups is 1. The molecule has 3 aromatic carbocycles. The van der Waals surface area contributed by atoms with Gasteiger partial charge in [-0.05, 0) is 48.0 Å². The molecule has 0 atom stereocenters. The Hall–Kier alpha value is -4.67. The fraction of sp³-hybridized carbons (Fsp3) is 0.0435. The van der Waals surface area contributed by atoms with E-state index in [0.29, 0.717) is 0 Å². The molecule has 3 aromatic rings. The van der Waals surface area contributed by atoms with Gasteiger partial charge in [0.05, 0.1) is 4.92 Å². The Morgan fingerprint density at radius 3 is 2.24 bits per heavy atom. The number of alkyl halides is 3. The molecule has 2 amide bonds. The molecule has 3 rings (SSSR count). The van der Waals surface area contributed by atoms with Crippen molar-refractivity contribution in [2.45, 2.75) is 6.36 Å². The van der Waals surface area contributed by atoms with Crippen LogP contribution in [0.1, 0.15) is 15.9 Å². The summed E-state index contributed by atoms with van der Waals surface area (Å²) in [7, 11) is 0. The van der Waals surface area contributed by atoms with Gasteiger partial charge < -0.3 is 15.4 Å². The molecule has 8 nitrogen and oxygen atoms in total. The van der Waals surface area contributed by atoms with Gasteiger partial charge in [-0.2, -0.15) is 0 Å². The van der Waals surface area contributed by atoms with Gasteiger partial charge in [-0.15, -0.1) is 13.2 Å². The number of carbonyl (C=O) groups is 2. The van der Waals surface area contributed by atoms with Gasteiger partial charge in [0.25, 0.3) is 17.5 Å². The van der Waals surface area contributed by atoms with Crippen LogP contribution in [0.2, 0.25) is 0 Å².